The number of rotatable bonds is 6. The third kappa shape index (κ3) is 4.03. The van der Waals surface area contributed by atoms with Crippen molar-refractivity contribution < 1.29 is 9.47 Å². The van der Waals surface area contributed by atoms with Crippen LogP contribution < -0.4 is 10.1 Å². The van der Waals surface area contributed by atoms with Crippen molar-refractivity contribution in [3.8, 4) is 16.9 Å². The van der Waals surface area contributed by atoms with Crippen LogP contribution in [-0.2, 0) is 4.74 Å². The van der Waals surface area contributed by atoms with Crippen LogP contribution in [0.25, 0.3) is 21.9 Å². The molecule has 25 heavy (non-hydrogen) atoms. The molecule has 2 aromatic carbocycles. The van der Waals surface area contributed by atoms with Gasteiger partial charge in [-0.15, -0.1) is 12.4 Å². The van der Waals surface area contributed by atoms with Crippen molar-refractivity contribution in [3.63, 3.8) is 0 Å². The molecule has 0 aliphatic rings. The number of fused-ring (bicyclic) bond motifs is 1. The van der Waals surface area contributed by atoms with E-state index >= 15 is 0 Å². The number of aryl methyl sites for hydroxylation is 1. The number of pyridine rings is 1. The van der Waals surface area contributed by atoms with E-state index in [2.05, 4.69) is 29.6 Å². The van der Waals surface area contributed by atoms with Gasteiger partial charge < -0.3 is 14.8 Å². The molecular formula is C20H23ClN2O2. The van der Waals surface area contributed by atoms with E-state index in [4.69, 9.17) is 14.5 Å². The maximum Gasteiger partial charge on any atom is 0.134 e. The Balaban J connectivity index is 0.00000225. The number of nitrogens with zero attached hydrogens (tertiary/aromatic N) is 1. The largest absolute Gasteiger partial charge is 0.497 e. The molecule has 4 nitrogen and oxygen atoms in total. The fourth-order valence-electron chi connectivity index (χ4n) is 2.92. The van der Waals surface area contributed by atoms with Gasteiger partial charge in [0.2, 0.25) is 0 Å². The van der Waals surface area contributed by atoms with Crippen LogP contribution in [0.15, 0.2) is 48.5 Å². The van der Waals surface area contributed by atoms with Crippen LogP contribution in [-0.4, -0.2) is 32.4 Å². The maximum atomic E-state index is 5.43. The summed E-state index contributed by atoms with van der Waals surface area (Å²) in [5.41, 5.74) is 3.29. The lowest BCUT2D eigenvalue weighted by atomic mass is 9.97. The highest BCUT2D eigenvalue weighted by atomic mass is 35.5. The first kappa shape index (κ1) is 19.0. The molecular weight excluding hydrogens is 336 g/mol. The van der Waals surface area contributed by atoms with Gasteiger partial charge in [-0.25, -0.2) is 4.98 Å². The Hall–Kier alpha value is -2.30. The van der Waals surface area contributed by atoms with Crippen LogP contribution in [0, 0.1) is 6.92 Å². The third-order valence-electron chi connectivity index (χ3n) is 4.05. The number of ether oxygens (including phenoxy) is 2. The van der Waals surface area contributed by atoms with E-state index in [1.54, 1.807) is 14.2 Å². The number of methoxy groups -OCH3 is 2. The summed E-state index contributed by atoms with van der Waals surface area (Å²) in [6.45, 7) is 3.40. The smallest absolute Gasteiger partial charge is 0.134 e. The fourth-order valence-corrected chi connectivity index (χ4v) is 2.92. The highest BCUT2D eigenvalue weighted by molar-refractivity contribution is 6.03. The molecule has 0 saturated carbocycles. The second kappa shape index (κ2) is 8.70. The van der Waals surface area contributed by atoms with Crippen molar-refractivity contribution in [2.45, 2.75) is 6.92 Å². The SMILES string of the molecule is COCCNc1nc(C)c(-c2ccccc2)c2cc(OC)ccc12.Cl. The molecule has 0 aliphatic carbocycles. The number of halogens is 1. The zero-order valence-electron chi connectivity index (χ0n) is 14.7. The zero-order chi connectivity index (χ0) is 16.9. The summed E-state index contributed by atoms with van der Waals surface area (Å²) in [5.74, 6) is 1.72. The van der Waals surface area contributed by atoms with Gasteiger partial charge in [0.05, 0.1) is 13.7 Å². The number of anilines is 1. The van der Waals surface area contributed by atoms with Gasteiger partial charge in [-0.05, 0) is 36.1 Å². The molecule has 1 aromatic heterocycles. The van der Waals surface area contributed by atoms with Crippen LogP contribution in [0.3, 0.4) is 0 Å². The monoisotopic (exact) mass is 358 g/mol. The first-order valence-corrected chi connectivity index (χ1v) is 8.01. The lowest BCUT2D eigenvalue weighted by molar-refractivity contribution is 0.210. The Morgan fingerprint density at radius 2 is 1.76 bits per heavy atom. The number of benzene rings is 2. The van der Waals surface area contributed by atoms with Gasteiger partial charge in [-0.1, -0.05) is 30.3 Å². The average molecular weight is 359 g/mol. The standard InChI is InChI=1S/C20H22N2O2.ClH/c1-14-19(15-7-5-4-6-8-15)18-13-16(24-3)9-10-17(18)20(22-14)21-11-12-23-2;/h4-10,13H,11-12H2,1-3H3,(H,21,22);1H. The molecule has 1 heterocycles. The minimum Gasteiger partial charge on any atom is -0.497 e. The minimum atomic E-state index is 0. The van der Waals surface area contributed by atoms with E-state index in [1.165, 1.54) is 0 Å². The molecule has 0 radical (unpaired) electrons. The quantitative estimate of drug-likeness (QED) is 0.649. The second-order valence-corrected chi connectivity index (χ2v) is 5.62. The second-order valence-electron chi connectivity index (χ2n) is 5.62. The molecule has 0 aliphatic heterocycles. The van der Waals surface area contributed by atoms with Crippen LogP contribution in [0.4, 0.5) is 5.82 Å². The number of aromatic nitrogens is 1. The van der Waals surface area contributed by atoms with E-state index in [0.717, 1.165) is 45.7 Å². The van der Waals surface area contributed by atoms with Gasteiger partial charge in [0.15, 0.2) is 0 Å². The lowest BCUT2D eigenvalue weighted by Gasteiger charge is -2.16. The van der Waals surface area contributed by atoms with Gasteiger partial charge in [0, 0.05) is 30.3 Å². The predicted octanol–water partition coefficient (Wildman–Crippen LogP) is 4.70. The van der Waals surface area contributed by atoms with E-state index < -0.39 is 0 Å². The predicted molar refractivity (Wildman–Crippen MR) is 106 cm³/mol. The highest BCUT2D eigenvalue weighted by Gasteiger charge is 2.13. The first-order chi connectivity index (χ1) is 11.7. The summed E-state index contributed by atoms with van der Waals surface area (Å²) in [6, 6.07) is 16.4. The topological polar surface area (TPSA) is 43.4 Å². The van der Waals surface area contributed by atoms with Gasteiger partial charge in [0.1, 0.15) is 11.6 Å². The third-order valence-corrected chi connectivity index (χ3v) is 4.05. The van der Waals surface area contributed by atoms with Gasteiger partial charge in [-0.3, -0.25) is 0 Å². The van der Waals surface area contributed by atoms with Crippen molar-refractivity contribution in [1.29, 1.82) is 0 Å². The van der Waals surface area contributed by atoms with Crippen molar-refractivity contribution in [2.75, 3.05) is 32.7 Å². The molecule has 0 saturated heterocycles. The number of hydrogen-bond donors (Lipinski definition) is 1. The molecule has 0 amide bonds. The summed E-state index contributed by atoms with van der Waals surface area (Å²) in [5, 5.41) is 5.58. The van der Waals surface area contributed by atoms with E-state index in [-0.39, 0.29) is 12.4 Å². The molecule has 0 bridgehead atoms. The van der Waals surface area contributed by atoms with Crippen molar-refractivity contribution in [2.24, 2.45) is 0 Å². The van der Waals surface area contributed by atoms with Gasteiger partial charge in [-0.2, -0.15) is 0 Å². The van der Waals surface area contributed by atoms with Crippen molar-refractivity contribution in [3.05, 3.63) is 54.2 Å². The van der Waals surface area contributed by atoms with E-state index in [9.17, 15) is 0 Å². The Labute approximate surface area is 154 Å². The van der Waals surface area contributed by atoms with Gasteiger partial charge >= 0.3 is 0 Å². The molecule has 1 N–H and O–H groups in total. The molecule has 0 atom stereocenters. The van der Waals surface area contributed by atoms with Crippen LogP contribution in [0.1, 0.15) is 5.69 Å². The van der Waals surface area contributed by atoms with Crippen molar-refractivity contribution >= 4 is 29.0 Å². The molecule has 3 aromatic rings. The Bertz CT molecular complexity index is 838. The van der Waals surface area contributed by atoms with Crippen LogP contribution in [0.2, 0.25) is 0 Å². The minimum absolute atomic E-state index is 0. The molecule has 5 heteroatoms. The molecule has 132 valence electrons. The molecule has 0 spiro atoms. The van der Waals surface area contributed by atoms with Crippen LogP contribution in [0.5, 0.6) is 5.75 Å². The zero-order valence-corrected chi connectivity index (χ0v) is 15.5. The molecule has 3 rings (SSSR count). The Morgan fingerprint density at radius 3 is 2.44 bits per heavy atom. The normalized spacial score (nSPS) is 10.4. The Morgan fingerprint density at radius 1 is 1.00 bits per heavy atom. The Kier molecular flexibility index (Phi) is 6.62. The number of nitrogens with one attached hydrogen (secondary N) is 1. The fraction of sp³-hybridized carbons (Fsp3) is 0.250. The van der Waals surface area contributed by atoms with E-state index in [1.807, 2.05) is 31.2 Å². The first-order valence-electron chi connectivity index (χ1n) is 8.01. The molecule has 0 unspecified atom stereocenters. The maximum absolute atomic E-state index is 5.43. The summed E-state index contributed by atoms with van der Waals surface area (Å²) in [6.07, 6.45) is 0. The summed E-state index contributed by atoms with van der Waals surface area (Å²) in [7, 11) is 3.39. The highest BCUT2D eigenvalue weighted by Crippen LogP contribution is 2.36. The molecule has 0 fully saturated rings. The summed E-state index contributed by atoms with van der Waals surface area (Å²) in [4.78, 5) is 4.80. The van der Waals surface area contributed by atoms with Crippen LogP contribution >= 0.6 is 12.4 Å². The van der Waals surface area contributed by atoms with Gasteiger partial charge in [0.25, 0.3) is 0 Å². The number of hydrogen-bond acceptors (Lipinski definition) is 4. The lowest BCUT2D eigenvalue weighted by Crippen LogP contribution is -2.10. The van der Waals surface area contributed by atoms with E-state index in [0.29, 0.717) is 6.61 Å². The summed E-state index contributed by atoms with van der Waals surface area (Å²) < 4.78 is 10.6. The summed E-state index contributed by atoms with van der Waals surface area (Å²) >= 11 is 0. The van der Waals surface area contributed by atoms with Crippen molar-refractivity contribution in [1.82, 2.24) is 4.98 Å². The average Bonchev–Trinajstić information content (AvgIpc) is 2.62.